The summed E-state index contributed by atoms with van der Waals surface area (Å²) in [7, 11) is 0. The molecule has 246 valence electrons. The van der Waals surface area contributed by atoms with Crippen molar-refractivity contribution in [3.63, 3.8) is 0 Å². The minimum atomic E-state index is -1.37. The lowest BCUT2D eigenvalue weighted by atomic mass is 9.96. The van der Waals surface area contributed by atoms with E-state index in [1.165, 1.54) is 24.3 Å². The number of nitrogens with zero attached hydrogens (tertiary/aromatic N) is 3. The number of oxazole rings is 1. The number of hydrogen-bond donors (Lipinski definition) is 1. The molecule has 0 bridgehead atoms. The molecule has 1 aromatic heterocycles. The molecule has 1 saturated heterocycles. The average molecular weight is 634 g/mol. The highest BCUT2D eigenvalue weighted by atomic mass is 16.6. The van der Waals surface area contributed by atoms with Gasteiger partial charge in [0.1, 0.15) is 29.2 Å². The summed E-state index contributed by atoms with van der Waals surface area (Å²) in [5.74, 6) is -3.67. The quantitative estimate of drug-likeness (QED) is 0.185. The number of quaternary nitrogens is 1. The molecule has 0 radical (unpaired) electrons. The first-order valence-electron chi connectivity index (χ1n) is 15.8. The second-order valence-corrected chi connectivity index (χ2v) is 13.8. The van der Waals surface area contributed by atoms with Crippen molar-refractivity contribution in [2.24, 2.45) is 17.6 Å². The van der Waals surface area contributed by atoms with Gasteiger partial charge in [-0.2, -0.15) is 4.48 Å². The highest BCUT2D eigenvalue weighted by Gasteiger charge is 2.59. The van der Waals surface area contributed by atoms with E-state index in [4.69, 9.17) is 14.9 Å². The van der Waals surface area contributed by atoms with Crippen LogP contribution in [-0.2, 0) is 9.53 Å². The van der Waals surface area contributed by atoms with E-state index in [2.05, 4.69) is 4.98 Å². The molecule has 0 saturated carbocycles. The molecule has 0 aliphatic carbocycles. The van der Waals surface area contributed by atoms with Gasteiger partial charge in [0.15, 0.2) is 5.58 Å². The number of benzene rings is 2. The van der Waals surface area contributed by atoms with E-state index in [1.54, 1.807) is 79.7 Å². The van der Waals surface area contributed by atoms with Gasteiger partial charge in [-0.05, 0) is 75.9 Å². The van der Waals surface area contributed by atoms with Crippen molar-refractivity contribution in [3.05, 3.63) is 65.5 Å². The molecule has 0 spiro atoms. The summed E-state index contributed by atoms with van der Waals surface area (Å²) in [5, 5.41) is 0. The van der Waals surface area contributed by atoms with E-state index in [0.717, 1.165) is 4.90 Å². The number of ether oxygens (including phenoxy) is 1. The molecule has 11 nitrogen and oxygen atoms in total. The number of urea groups is 1. The molecule has 2 heterocycles. The van der Waals surface area contributed by atoms with Crippen molar-refractivity contribution in [3.8, 4) is 0 Å². The second kappa shape index (κ2) is 13.3. The molecule has 3 aromatic rings. The molecule has 2 N–H and O–H groups in total. The van der Waals surface area contributed by atoms with Crippen molar-refractivity contribution < 1.29 is 37.6 Å². The van der Waals surface area contributed by atoms with E-state index in [9.17, 15) is 24.0 Å². The lowest BCUT2D eigenvalue weighted by Crippen LogP contribution is -2.70. The van der Waals surface area contributed by atoms with Crippen LogP contribution < -0.4 is 5.73 Å². The van der Waals surface area contributed by atoms with Crippen LogP contribution >= 0.6 is 0 Å². The highest BCUT2D eigenvalue weighted by molar-refractivity contribution is 6.10. The van der Waals surface area contributed by atoms with Gasteiger partial charge in [0, 0.05) is 18.4 Å². The van der Waals surface area contributed by atoms with Crippen LogP contribution in [0.5, 0.6) is 0 Å². The fraction of sp³-hybridized carbons (Fsp3) is 0.486. The minimum Gasteiger partial charge on any atom is -0.456 e. The molecule has 3 unspecified atom stereocenters. The van der Waals surface area contributed by atoms with Gasteiger partial charge in [0.05, 0.1) is 12.1 Å². The number of carbonyl (C=O) groups excluding carboxylic acids is 5. The largest absolute Gasteiger partial charge is 0.456 e. The normalized spacial score (nSPS) is 19.7. The Bertz CT molecular complexity index is 1600. The zero-order valence-electron chi connectivity index (χ0n) is 27.9. The number of carbonyl (C=O) groups is 5. The highest BCUT2D eigenvalue weighted by Crippen LogP contribution is 2.34. The SMILES string of the molecule is CC(C)C(N)C(=O)[N@+]1(C(=O)N(C(=O)c2ccc(C(=O)OC(C)(C)C)cc2)C(C(=O)c2nc3ccccc3o2)C(C)C)CCCC1C. The van der Waals surface area contributed by atoms with Crippen LogP contribution in [0.3, 0.4) is 0 Å². The Labute approximate surface area is 269 Å². The monoisotopic (exact) mass is 633 g/mol. The summed E-state index contributed by atoms with van der Waals surface area (Å²) in [5.41, 5.74) is 6.73. The number of esters is 1. The molecular formula is C35H45N4O7+. The second-order valence-electron chi connectivity index (χ2n) is 13.8. The smallest absolute Gasteiger partial charge is 0.434 e. The van der Waals surface area contributed by atoms with Gasteiger partial charge in [-0.25, -0.2) is 24.3 Å². The first-order chi connectivity index (χ1) is 21.5. The molecule has 46 heavy (non-hydrogen) atoms. The Balaban J connectivity index is 1.86. The van der Waals surface area contributed by atoms with Crippen LogP contribution in [0, 0.1) is 11.8 Å². The third-order valence-corrected chi connectivity index (χ3v) is 8.50. The first-order valence-corrected chi connectivity index (χ1v) is 15.8. The molecular weight excluding hydrogens is 588 g/mol. The summed E-state index contributed by atoms with van der Waals surface area (Å²) >= 11 is 0. The standard InChI is InChI=1S/C35H45N4O7/c1-20(2)27(36)32(42)39(19-11-12-22(39)5)34(44)38(31(41)23-15-17-24(18-16-23)33(43)46-35(6,7)8)28(21(3)4)29(40)30-37-25-13-9-10-14-26(25)45-30/h9-10,13-18,20-22,27-28H,11-12,19,36H2,1-8H3/q+1/t22?,27?,28?,39-/m0/s1. The molecule has 4 amide bonds. The summed E-state index contributed by atoms with van der Waals surface area (Å²) < 4.78 is 10.5. The fourth-order valence-corrected chi connectivity index (χ4v) is 5.91. The summed E-state index contributed by atoms with van der Waals surface area (Å²) in [4.78, 5) is 75.8. The predicted molar refractivity (Wildman–Crippen MR) is 172 cm³/mol. The van der Waals surface area contributed by atoms with Crippen LogP contribution in [0.1, 0.15) is 99.6 Å². The Morgan fingerprint density at radius 1 is 0.957 bits per heavy atom. The Morgan fingerprint density at radius 2 is 1.57 bits per heavy atom. The van der Waals surface area contributed by atoms with Gasteiger partial charge in [0.25, 0.3) is 11.8 Å². The van der Waals surface area contributed by atoms with Crippen molar-refractivity contribution in [2.45, 2.75) is 92.0 Å². The van der Waals surface area contributed by atoms with Gasteiger partial charge >= 0.3 is 17.9 Å². The van der Waals surface area contributed by atoms with Crippen molar-refractivity contribution in [1.82, 2.24) is 9.88 Å². The zero-order chi connectivity index (χ0) is 34.1. The van der Waals surface area contributed by atoms with Gasteiger partial charge in [0.2, 0.25) is 5.78 Å². The van der Waals surface area contributed by atoms with Gasteiger partial charge in [-0.1, -0.05) is 39.8 Å². The van der Waals surface area contributed by atoms with Crippen LogP contribution in [0.25, 0.3) is 11.1 Å². The lowest BCUT2D eigenvalue weighted by molar-refractivity contribution is -0.788. The van der Waals surface area contributed by atoms with Crippen LogP contribution in [0.2, 0.25) is 0 Å². The Hall–Kier alpha value is -4.22. The van der Waals surface area contributed by atoms with Crippen LogP contribution in [0.4, 0.5) is 4.79 Å². The maximum absolute atomic E-state index is 15.0. The van der Waals surface area contributed by atoms with Gasteiger partial charge in [-0.3, -0.25) is 9.59 Å². The molecule has 4 atom stereocenters. The van der Waals surface area contributed by atoms with E-state index in [0.29, 0.717) is 23.9 Å². The minimum absolute atomic E-state index is 0.0438. The Morgan fingerprint density at radius 3 is 2.09 bits per heavy atom. The molecule has 1 aliphatic heterocycles. The predicted octanol–water partition coefficient (Wildman–Crippen LogP) is 5.76. The summed E-state index contributed by atoms with van der Waals surface area (Å²) in [6.45, 7) is 14.2. The maximum Gasteiger partial charge on any atom is 0.434 e. The van der Waals surface area contributed by atoms with E-state index in [-0.39, 0.29) is 29.5 Å². The summed E-state index contributed by atoms with van der Waals surface area (Å²) in [6.07, 6.45) is 1.11. The first kappa shape index (κ1) is 34.6. The van der Waals surface area contributed by atoms with Crippen LogP contribution in [-0.4, -0.2) is 74.2 Å². The number of amides is 4. The number of Topliss-reactive ketones (excluding diaryl/α,β-unsaturated/α-hetero) is 1. The summed E-state index contributed by atoms with van der Waals surface area (Å²) in [6, 6.07) is 8.88. The number of nitrogens with two attached hydrogens (primary N) is 1. The van der Waals surface area contributed by atoms with Crippen LogP contribution in [0.15, 0.2) is 52.9 Å². The van der Waals surface area contributed by atoms with E-state index >= 15 is 0 Å². The topological polar surface area (TPSA) is 150 Å². The zero-order valence-corrected chi connectivity index (χ0v) is 27.9. The molecule has 1 fully saturated rings. The van der Waals surface area contributed by atoms with Crippen molar-refractivity contribution in [2.75, 3.05) is 6.54 Å². The molecule has 11 heteroatoms. The molecule has 2 aromatic carbocycles. The molecule has 4 rings (SSSR count). The molecule has 1 aliphatic rings. The number of fused-ring (bicyclic) bond motifs is 1. The van der Waals surface area contributed by atoms with E-state index < -0.39 is 63.7 Å². The van der Waals surface area contributed by atoms with Gasteiger partial charge < -0.3 is 14.9 Å². The Kier molecular flexibility index (Phi) is 9.98. The van der Waals surface area contributed by atoms with Gasteiger partial charge in [-0.15, -0.1) is 0 Å². The maximum atomic E-state index is 15.0. The third-order valence-electron chi connectivity index (χ3n) is 8.50. The number of likely N-dealkylation sites (tertiary alicyclic amines) is 1. The van der Waals surface area contributed by atoms with Crippen molar-refractivity contribution in [1.29, 1.82) is 0 Å². The number of imide groups is 2. The number of rotatable bonds is 8. The number of hydrogen-bond acceptors (Lipinski definition) is 9. The number of aromatic nitrogens is 1. The number of ketones is 1. The average Bonchev–Trinajstić information content (AvgIpc) is 3.61. The fourth-order valence-electron chi connectivity index (χ4n) is 5.91. The number of para-hydroxylation sites is 2. The van der Waals surface area contributed by atoms with Crippen molar-refractivity contribution >= 4 is 40.7 Å². The third kappa shape index (κ3) is 6.66. The van der Waals surface area contributed by atoms with E-state index in [1.807, 2.05) is 0 Å². The lowest BCUT2D eigenvalue weighted by Gasteiger charge is -2.40.